The number of ether oxygens (including phenoxy) is 1. The van der Waals surface area contributed by atoms with Gasteiger partial charge in [-0.15, -0.1) is 11.3 Å². The summed E-state index contributed by atoms with van der Waals surface area (Å²) >= 11 is 1.37. The minimum Gasteiger partial charge on any atom is -0.492 e. The van der Waals surface area contributed by atoms with E-state index in [-0.39, 0.29) is 11.7 Å². The maximum atomic E-state index is 12.2. The molecule has 6 heteroatoms. The lowest BCUT2D eigenvalue weighted by atomic mass is 10.1. The molecule has 0 aliphatic rings. The molecule has 1 heterocycles. The van der Waals surface area contributed by atoms with Gasteiger partial charge in [-0.05, 0) is 25.1 Å². The van der Waals surface area contributed by atoms with Crippen LogP contribution in [0.25, 0.3) is 10.6 Å². The highest BCUT2D eigenvalue weighted by Gasteiger charge is 2.12. The molecule has 0 spiro atoms. The van der Waals surface area contributed by atoms with Crippen LogP contribution in [0.15, 0.2) is 60.0 Å². The van der Waals surface area contributed by atoms with Crippen molar-refractivity contribution in [2.75, 3.05) is 13.2 Å². The number of Topliss-reactive ketones (excluding diaryl/α,β-unsaturated/α-hetero) is 1. The first kappa shape index (κ1) is 17.8. The van der Waals surface area contributed by atoms with Crippen LogP contribution < -0.4 is 10.1 Å². The number of aromatic nitrogens is 1. The predicted octanol–water partition coefficient (Wildman–Crippen LogP) is 3.82. The summed E-state index contributed by atoms with van der Waals surface area (Å²) in [7, 11) is 0. The van der Waals surface area contributed by atoms with E-state index in [4.69, 9.17) is 4.74 Å². The van der Waals surface area contributed by atoms with E-state index in [0.717, 1.165) is 11.3 Å². The molecular formula is C20H18N2O3S. The topological polar surface area (TPSA) is 68.3 Å². The minimum atomic E-state index is -0.244. The molecule has 2 aromatic carbocycles. The quantitative estimate of drug-likeness (QED) is 0.510. The first-order chi connectivity index (χ1) is 12.6. The summed E-state index contributed by atoms with van der Waals surface area (Å²) in [4.78, 5) is 28.1. The summed E-state index contributed by atoms with van der Waals surface area (Å²) in [5.41, 5.74) is 1.81. The average molecular weight is 366 g/mol. The number of amides is 1. The number of hydrogen-bond acceptors (Lipinski definition) is 5. The van der Waals surface area contributed by atoms with Gasteiger partial charge in [-0.1, -0.05) is 36.4 Å². The van der Waals surface area contributed by atoms with Gasteiger partial charge in [0.15, 0.2) is 5.78 Å². The fourth-order valence-electron chi connectivity index (χ4n) is 2.32. The third-order valence-electron chi connectivity index (χ3n) is 3.65. The van der Waals surface area contributed by atoms with Gasteiger partial charge in [-0.3, -0.25) is 9.59 Å². The highest BCUT2D eigenvalue weighted by atomic mass is 32.1. The maximum Gasteiger partial charge on any atom is 0.270 e. The number of para-hydroxylation sites is 1. The molecule has 26 heavy (non-hydrogen) atoms. The van der Waals surface area contributed by atoms with Crippen LogP contribution in [0.1, 0.15) is 27.8 Å². The molecule has 0 fully saturated rings. The van der Waals surface area contributed by atoms with Gasteiger partial charge in [-0.2, -0.15) is 0 Å². The molecule has 0 atom stereocenters. The van der Waals surface area contributed by atoms with Crippen molar-refractivity contribution >= 4 is 23.0 Å². The predicted molar refractivity (Wildman–Crippen MR) is 102 cm³/mol. The standard InChI is InChI=1S/C20H18N2O3S/c1-14(23)15-6-5-7-16(12-15)20-22-18(13-26-20)19(24)21-10-11-25-17-8-3-2-4-9-17/h2-9,12-13H,10-11H2,1H3,(H,21,24). The smallest absolute Gasteiger partial charge is 0.270 e. The Hall–Kier alpha value is -2.99. The summed E-state index contributed by atoms with van der Waals surface area (Å²) in [6, 6.07) is 16.7. The summed E-state index contributed by atoms with van der Waals surface area (Å²) in [6.45, 7) is 2.30. The van der Waals surface area contributed by atoms with Gasteiger partial charge in [0.25, 0.3) is 5.91 Å². The highest BCUT2D eigenvalue weighted by molar-refractivity contribution is 7.13. The van der Waals surface area contributed by atoms with Crippen molar-refractivity contribution in [3.8, 4) is 16.3 Å². The van der Waals surface area contributed by atoms with Crippen LogP contribution in [0.3, 0.4) is 0 Å². The molecular weight excluding hydrogens is 348 g/mol. The first-order valence-corrected chi connectivity index (χ1v) is 9.04. The fraction of sp³-hybridized carbons (Fsp3) is 0.150. The van der Waals surface area contributed by atoms with Crippen molar-refractivity contribution in [2.24, 2.45) is 0 Å². The monoisotopic (exact) mass is 366 g/mol. The highest BCUT2D eigenvalue weighted by Crippen LogP contribution is 2.24. The molecule has 0 saturated carbocycles. The Morgan fingerprint density at radius 2 is 1.92 bits per heavy atom. The van der Waals surface area contributed by atoms with Crippen molar-refractivity contribution in [1.29, 1.82) is 0 Å². The van der Waals surface area contributed by atoms with E-state index in [2.05, 4.69) is 10.3 Å². The van der Waals surface area contributed by atoms with E-state index in [1.165, 1.54) is 18.3 Å². The van der Waals surface area contributed by atoms with Gasteiger partial charge in [0.05, 0.1) is 6.54 Å². The van der Waals surface area contributed by atoms with Crippen molar-refractivity contribution in [2.45, 2.75) is 6.92 Å². The van der Waals surface area contributed by atoms with Crippen LogP contribution in [-0.2, 0) is 0 Å². The summed E-state index contributed by atoms with van der Waals surface area (Å²) in [5.74, 6) is 0.523. The van der Waals surface area contributed by atoms with Crippen LogP contribution in [0.2, 0.25) is 0 Å². The van der Waals surface area contributed by atoms with Gasteiger partial charge in [0.2, 0.25) is 0 Å². The Morgan fingerprint density at radius 1 is 1.12 bits per heavy atom. The lowest BCUT2D eigenvalue weighted by molar-refractivity contribution is 0.0942. The largest absolute Gasteiger partial charge is 0.492 e. The van der Waals surface area contributed by atoms with Crippen LogP contribution in [0, 0.1) is 0 Å². The second kappa shape index (κ2) is 8.40. The molecule has 1 aromatic heterocycles. The second-order valence-corrected chi connectivity index (χ2v) is 6.45. The molecule has 0 aliphatic carbocycles. The molecule has 1 amide bonds. The molecule has 3 rings (SSSR count). The number of hydrogen-bond donors (Lipinski definition) is 1. The number of ketones is 1. The van der Waals surface area contributed by atoms with Crippen LogP contribution >= 0.6 is 11.3 Å². The van der Waals surface area contributed by atoms with E-state index >= 15 is 0 Å². The normalized spacial score (nSPS) is 10.3. The maximum absolute atomic E-state index is 12.2. The zero-order valence-electron chi connectivity index (χ0n) is 14.3. The second-order valence-electron chi connectivity index (χ2n) is 5.59. The molecule has 0 aliphatic heterocycles. The molecule has 132 valence electrons. The Balaban J connectivity index is 1.56. The number of carbonyl (C=O) groups is 2. The fourth-order valence-corrected chi connectivity index (χ4v) is 3.12. The van der Waals surface area contributed by atoms with E-state index in [9.17, 15) is 9.59 Å². The van der Waals surface area contributed by atoms with Gasteiger partial charge in [-0.25, -0.2) is 4.98 Å². The number of benzene rings is 2. The molecule has 0 saturated heterocycles. The molecule has 3 aromatic rings. The van der Waals surface area contributed by atoms with E-state index in [0.29, 0.717) is 29.4 Å². The lowest BCUT2D eigenvalue weighted by Crippen LogP contribution is -2.28. The SMILES string of the molecule is CC(=O)c1cccc(-c2nc(C(=O)NCCOc3ccccc3)cs2)c1. The number of thiazole rings is 1. The number of rotatable bonds is 7. The number of nitrogens with zero attached hydrogens (tertiary/aromatic N) is 1. The number of carbonyl (C=O) groups excluding carboxylic acids is 2. The minimum absolute atomic E-state index is 0.000196. The molecule has 1 N–H and O–H groups in total. The summed E-state index contributed by atoms with van der Waals surface area (Å²) < 4.78 is 5.54. The van der Waals surface area contributed by atoms with E-state index in [1.807, 2.05) is 42.5 Å². The van der Waals surface area contributed by atoms with Crippen molar-refractivity contribution in [3.63, 3.8) is 0 Å². The van der Waals surface area contributed by atoms with Gasteiger partial charge < -0.3 is 10.1 Å². The molecule has 0 radical (unpaired) electrons. The third-order valence-corrected chi connectivity index (χ3v) is 4.54. The van der Waals surface area contributed by atoms with Gasteiger partial charge >= 0.3 is 0 Å². The van der Waals surface area contributed by atoms with Crippen molar-refractivity contribution in [1.82, 2.24) is 10.3 Å². The Bertz CT molecular complexity index is 906. The Labute approximate surface area is 155 Å². The van der Waals surface area contributed by atoms with E-state index in [1.54, 1.807) is 17.5 Å². The number of nitrogens with one attached hydrogen (secondary N) is 1. The lowest BCUT2D eigenvalue weighted by Gasteiger charge is -2.06. The Morgan fingerprint density at radius 3 is 2.69 bits per heavy atom. The summed E-state index contributed by atoms with van der Waals surface area (Å²) in [5, 5.41) is 5.21. The molecule has 0 bridgehead atoms. The van der Waals surface area contributed by atoms with Crippen LogP contribution in [-0.4, -0.2) is 29.8 Å². The van der Waals surface area contributed by atoms with E-state index < -0.39 is 0 Å². The summed E-state index contributed by atoms with van der Waals surface area (Å²) in [6.07, 6.45) is 0. The van der Waals surface area contributed by atoms with Crippen molar-refractivity contribution < 1.29 is 14.3 Å². The molecule has 5 nitrogen and oxygen atoms in total. The van der Waals surface area contributed by atoms with Crippen LogP contribution in [0.5, 0.6) is 5.75 Å². The van der Waals surface area contributed by atoms with Crippen molar-refractivity contribution in [3.05, 3.63) is 71.2 Å². The average Bonchev–Trinajstić information content (AvgIpc) is 3.16. The zero-order chi connectivity index (χ0) is 18.4. The first-order valence-electron chi connectivity index (χ1n) is 8.16. The van der Waals surface area contributed by atoms with Gasteiger partial charge in [0.1, 0.15) is 23.1 Å². The zero-order valence-corrected chi connectivity index (χ0v) is 15.1. The Kier molecular flexibility index (Phi) is 5.76. The third kappa shape index (κ3) is 4.55. The van der Waals surface area contributed by atoms with Gasteiger partial charge in [0, 0.05) is 16.5 Å². The molecule has 0 unspecified atom stereocenters. The van der Waals surface area contributed by atoms with Crippen LogP contribution in [0.4, 0.5) is 0 Å².